The fourth-order valence-corrected chi connectivity index (χ4v) is 2.78. The lowest BCUT2D eigenvalue weighted by Gasteiger charge is -2.44. The lowest BCUT2D eigenvalue weighted by molar-refractivity contribution is -0.0382. The Hall–Kier alpha value is -0.0800. The Morgan fingerprint density at radius 3 is 2.36 bits per heavy atom. The van der Waals surface area contributed by atoms with Gasteiger partial charge in [-0.1, -0.05) is 27.7 Å². The second-order valence-electron chi connectivity index (χ2n) is 5.65. The minimum absolute atomic E-state index is 0.0649. The molecular weight excluding hydrogens is 174 g/mol. The van der Waals surface area contributed by atoms with E-state index in [9.17, 15) is 5.11 Å². The van der Waals surface area contributed by atoms with Gasteiger partial charge in [-0.3, -0.25) is 0 Å². The molecule has 2 N–H and O–H groups in total. The van der Waals surface area contributed by atoms with Crippen LogP contribution >= 0.6 is 0 Å². The molecule has 2 nitrogen and oxygen atoms in total. The van der Waals surface area contributed by atoms with Crippen LogP contribution in [0.2, 0.25) is 0 Å². The summed E-state index contributed by atoms with van der Waals surface area (Å²) in [5.74, 6) is 0.707. The van der Waals surface area contributed by atoms with Gasteiger partial charge < -0.3 is 10.4 Å². The molecule has 3 atom stereocenters. The maximum Gasteiger partial charge on any atom is 0.0723 e. The summed E-state index contributed by atoms with van der Waals surface area (Å²) in [5, 5.41) is 13.3. The van der Waals surface area contributed by atoms with Gasteiger partial charge in [0.25, 0.3) is 0 Å². The molecule has 1 saturated carbocycles. The highest BCUT2D eigenvalue weighted by atomic mass is 16.3. The topological polar surface area (TPSA) is 32.3 Å². The average Bonchev–Trinajstić information content (AvgIpc) is 2.31. The van der Waals surface area contributed by atoms with Gasteiger partial charge in [0.1, 0.15) is 0 Å². The molecule has 14 heavy (non-hydrogen) atoms. The van der Waals surface area contributed by atoms with Crippen LogP contribution in [0.25, 0.3) is 0 Å². The molecule has 1 fully saturated rings. The van der Waals surface area contributed by atoms with E-state index in [-0.39, 0.29) is 16.9 Å². The summed E-state index contributed by atoms with van der Waals surface area (Å²) in [6.07, 6.45) is 2.15. The van der Waals surface area contributed by atoms with Crippen LogP contribution < -0.4 is 5.32 Å². The summed E-state index contributed by atoms with van der Waals surface area (Å²) >= 11 is 0. The van der Waals surface area contributed by atoms with Crippen molar-refractivity contribution in [3.63, 3.8) is 0 Å². The predicted molar refractivity (Wildman–Crippen MR) is 60.2 cm³/mol. The van der Waals surface area contributed by atoms with Crippen molar-refractivity contribution < 1.29 is 5.11 Å². The number of hydrogen-bond acceptors (Lipinski definition) is 2. The van der Waals surface area contributed by atoms with Crippen molar-refractivity contribution in [1.29, 1.82) is 0 Å². The third kappa shape index (κ3) is 1.59. The summed E-state index contributed by atoms with van der Waals surface area (Å²) in [5.41, 5.74) is 0.304. The van der Waals surface area contributed by atoms with Gasteiger partial charge in [-0.15, -0.1) is 0 Å². The molecule has 0 amide bonds. The smallest absolute Gasteiger partial charge is 0.0723 e. The molecule has 0 saturated heterocycles. The number of aliphatic hydroxyl groups excluding tert-OH is 1. The fourth-order valence-electron chi connectivity index (χ4n) is 2.78. The first-order valence-electron chi connectivity index (χ1n) is 5.69. The van der Waals surface area contributed by atoms with Crippen molar-refractivity contribution in [3.05, 3.63) is 0 Å². The molecule has 1 aliphatic carbocycles. The minimum Gasteiger partial charge on any atom is -0.391 e. The summed E-state index contributed by atoms with van der Waals surface area (Å²) in [4.78, 5) is 0. The third-order valence-corrected chi connectivity index (χ3v) is 4.93. The van der Waals surface area contributed by atoms with Gasteiger partial charge in [0, 0.05) is 12.0 Å². The molecule has 0 spiro atoms. The first-order chi connectivity index (χ1) is 6.36. The van der Waals surface area contributed by atoms with Gasteiger partial charge >= 0.3 is 0 Å². The average molecular weight is 199 g/mol. The molecule has 1 rings (SSSR count). The number of aliphatic hydroxyl groups is 1. The molecule has 0 unspecified atom stereocenters. The van der Waals surface area contributed by atoms with E-state index in [0.29, 0.717) is 12.5 Å². The van der Waals surface area contributed by atoms with E-state index < -0.39 is 0 Å². The van der Waals surface area contributed by atoms with Crippen molar-refractivity contribution in [1.82, 2.24) is 5.32 Å². The molecule has 0 aromatic rings. The van der Waals surface area contributed by atoms with Gasteiger partial charge in [0.15, 0.2) is 0 Å². The van der Waals surface area contributed by atoms with Crippen LogP contribution in [0, 0.1) is 16.7 Å². The van der Waals surface area contributed by atoms with Crippen LogP contribution in [-0.4, -0.2) is 24.8 Å². The number of rotatable bonds is 3. The molecule has 0 aromatic heterocycles. The van der Waals surface area contributed by atoms with Crippen molar-refractivity contribution in [3.8, 4) is 0 Å². The van der Waals surface area contributed by atoms with Gasteiger partial charge in [-0.25, -0.2) is 0 Å². The van der Waals surface area contributed by atoms with Crippen molar-refractivity contribution in [2.45, 2.75) is 46.6 Å². The standard InChI is InChI=1S/C12H25NO/c1-9-6-7-12(4,11(9,2)3)10(14)8-13-5/h9-10,13-14H,6-8H2,1-5H3/t9-,10-,12+/m0/s1. The van der Waals surface area contributed by atoms with E-state index in [2.05, 4.69) is 33.0 Å². The number of hydrogen-bond donors (Lipinski definition) is 2. The Kier molecular flexibility index (Phi) is 3.27. The number of likely N-dealkylation sites (N-methyl/N-ethyl adjacent to an activating group) is 1. The molecule has 2 heteroatoms. The SMILES string of the molecule is CNC[C@H](O)[C@@]1(C)CC[C@H](C)C1(C)C. The first-order valence-corrected chi connectivity index (χ1v) is 5.69. The Balaban J connectivity index is 2.83. The summed E-state index contributed by atoms with van der Waals surface area (Å²) in [7, 11) is 1.90. The highest BCUT2D eigenvalue weighted by molar-refractivity contribution is 5.02. The van der Waals surface area contributed by atoms with Gasteiger partial charge in [0.05, 0.1) is 6.10 Å². The van der Waals surface area contributed by atoms with Crippen LogP contribution in [0.5, 0.6) is 0 Å². The van der Waals surface area contributed by atoms with E-state index in [0.717, 1.165) is 6.42 Å². The number of nitrogens with one attached hydrogen (secondary N) is 1. The van der Waals surface area contributed by atoms with Gasteiger partial charge in [-0.2, -0.15) is 0 Å². The molecule has 0 radical (unpaired) electrons. The maximum absolute atomic E-state index is 10.2. The fraction of sp³-hybridized carbons (Fsp3) is 1.00. The van der Waals surface area contributed by atoms with Crippen LogP contribution in [-0.2, 0) is 0 Å². The minimum atomic E-state index is -0.229. The van der Waals surface area contributed by atoms with E-state index in [1.165, 1.54) is 6.42 Å². The predicted octanol–water partition coefficient (Wildman–Crippen LogP) is 2.03. The van der Waals surface area contributed by atoms with Crippen molar-refractivity contribution in [2.75, 3.05) is 13.6 Å². The molecule has 0 aliphatic heterocycles. The molecule has 84 valence electrons. The Labute approximate surface area is 88.1 Å². The maximum atomic E-state index is 10.2. The zero-order valence-corrected chi connectivity index (χ0v) is 10.2. The van der Waals surface area contributed by atoms with E-state index >= 15 is 0 Å². The zero-order chi connectivity index (χ0) is 11.0. The van der Waals surface area contributed by atoms with Crippen LogP contribution in [0.4, 0.5) is 0 Å². The normalized spacial score (nSPS) is 38.6. The molecule has 0 aromatic carbocycles. The van der Waals surface area contributed by atoms with Gasteiger partial charge in [-0.05, 0) is 31.2 Å². The monoisotopic (exact) mass is 199 g/mol. The molecule has 0 heterocycles. The largest absolute Gasteiger partial charge is 0.391 e. The second-order valence-corrected chi connectivity index (χ2v) is 5.65. The lowest BCUT2D eigenvalue weighted by atomic mass is 9.63. The van der Waals surface area contributed by atoms with Crippen LogP contribution in [0.1, 0.15) is 40.5 Å². The lowest BCUT2D eigenvalue weighted by Crippen LogP contribution is -2.46. The molecular formula is C12H25NO. The first kappa shape index (κ1) is 12.0. The third-order valence-electron chi connectivity index (χ3n) is 4.93. The highest BCUT2D eigenvalue weighted by Gasteiger charge is 2.52. The summed E-state index contributed by atoms with van der Waals surface area (Å²) in [6, 6.07) is 0. The van der Waals surface area contributed by atoms with Gasteiger partial charge in [0.2, 0.25) is 0 Å². The molecule has 1 aliphatic rings. The molecule has 0 bridgehead atoms. The zero-order valence-electron chi connectivity index (χ0n) is 10.2. The quantitative estimate of drug-likeness (QED) is 0.729. The summed E-state index contributed by atoms with van der Waals surface area (Å²) < 4.78 is 0. The van der Waals surface area contributed by atoms with E-state index in [1.54, 1.807) is 0 Å². The Bertz CT molecular complexity index is 202. The Morgan fingerprint density at radius 1 is 1.43 bits per heavy atom. The Morgan fingerprint density at radius 2 is 2.00 bits per heavy atom. The van der Waals surface area contributed by atoms with E-state index in [4.69, 9.17) is 0 Å². The van der Waals surface area contributed by atoms with Crippen molar-refractivity contribution in [2.24, 2.45) is 16.7 Å². The van der Waals surface area contributed by atoms with Crippen LogP contribution in [0.3, 0.4) is 0 Å². The van der Waals surface area contributed by atoms with Crippen LogP contribution in [0.15, 0.2) is 0 Å². The highest BCUT2D eigenvalue weighted by Crippen LogP contribution is 2.57. The van der Waals surface area contributed by atoms with E-state index in [1.807, 2.05) is 7.05 Å². The van der Waals surface area contributed by atoms with Crippen molar-refractivity contribution >= 4 is 0 Å². The summed E-state index contributed by atoms with van der Waals surface area (Å²) in [6.45, 7) is 9.83. The second kappa shape index (κ2) is 3.82.